The molecular weight excluding hydrogens is 304 g/mol. The van der Waals surface area contributed by atoms with Crippen molar-refractivity contribution in [2.24, 2.45) is 0 Å². The van der Waals surface area contributed by atoms with E-state index in [1.54, 1.807) is 31.6 Å². The summed E-state index contributed by atoms with van der Waals surface area (Å²) >= 11 is 0. The third-order valence-corrected chi connectivity index (χ3v) is 4.49. The lowest BCUT2D eigenvalue weighted by atomic mass is 10.0. The molecule has 24 heavy (non-hydrogen) atoms. The lowest BCUT2D eigenvalue weighted by molar-refractivity contribution is -0.0342. The molecule has 5 nitrogen and oxygen atoms in total. The third-order valence-electron chi connectivity index (χ3n) is 4.49. The van der Waals surface area contributed by atoms with Gasteiger partial charge in [-0.15, -0.1) is 0 Å². The standard InChI is InChI=1S/C19H22N2O3/c1-15-3-5-17(6-4-15)24-14-19(23-2)9-12-21(13-19)18(22)16-7-10-20-11-8-16/h3-8,10-11H,9,12-14H2,1-2H3/t19-/m0/s1. The largest absolute Gasteiger partial charge is 0.491 e. The van der Waals surface area contributed by atoms with E-state index in [2.05, 4.69) is 4.98 Å². The van der Waals surface area contributed by atoms with E-state index in [0.717, 1.165) is 12.2 Å². The number of methoxy groups -OCH3 is 1. The molecule has 1 atom stereocenters. The fourth-order valence-electron chi connectivity index (χ4n) is 2.89. The maximum Gasteiger partial charge on any atom is 0.254 e. The van der Waals surface area contributed by atoms with Crippen LogP contribution in [0.1, 0.15) is 22.3 Å². The molecule has 5 heteroatoms. The Morgan fingerprint density at radius 1 is 1.21 bits per heavy atom. The molecular formula is C19H22N2O3. The molecule has 0 radical (unpaired) electrons. The SMILES string of the molecule is CO[C@@]1(COc2ccc(C)cc2)CCN(C(=O)c2ccncc2)C1. The first kappa shape index (κ1) is 16.5. The summed E-state index contributed by atoms with van der Waals surface area (Å²) in [5.41, 5.74) is 1.38. The Kier molecular flexibility index (Phi) is 4.81. The molecule has 1 saturated heterocycles. The van der Waals surface area contributed by atoms with Crippen molar-refractivity contribution in [2.75, 3.05) is 26.8 Å². The van der Waals surface area contributed by atoms with E-state index in [-0.39, 0.29) is 5.91 Å². The normalized spacial score (nSPS) is 20.2. The molecule has 0 N–H and O–H groups in total. The quantitative estimate of drug-likeness (QED) is 0.848. The Morgan fingerprint density at radius 3 is 2.58 bits per heavy atom. The number of rotatable bonds is 5. The van der Waals surface area contributed by atoms with Crippen molar-refractivity contribution in [3.05, 3.63) is 59.9 Å². The molecule has 2 heterocycles. The minimum Gasteiger partial charge on any atom is -0.491 e. The van der Waals surface area contributed by atoms with Gasteiger partial charge in [-0.1, -0.05) is 17.7 Å². The van der Waals surface area contributed by atoms with Gasteiger partial charge in [0.1, 0.15) is 18.0 Å². The van der Waals surface area contributed by atoms with Gasteiger partial charge in [0.05, 0.1) is 6.54 Å². The van der Waals surface area contributed by atoms with Crippen molar-refractivity contribution in [3.63, 3.8) is 0 Å². The maximum absolute atomic E-state index is 12.6. The van der Waals surface area contributed by atoms with E-state index in [4.69, 9.17) is 9.47 Å². The Bertz CT molecular complexity index is 688. The third kappa shape index (κ3) is 3.57. The van der Waals surface area contributed by atoms with Crippen molar-refractivity contribution in [1.82, 2.24) is 9.88 Å². The first-order valence-corrected chi connectivity index (χ1v) is 8.06. The maximum atomic E-state index is 12.6. The number of amides is 1. The predicted octanol–water partition coefficient (Wildman–Crippen LogP) is 2.70. The molecule has 1 aromatic heterocycles. The zero-order valence-corrected chi connectivity index (χ0v) is 14.1. The molecule has 0 saturated carbocycles. The summed E-state index contributed by atoms with van der Waals surface area (Å²) in [5, 5.41) is 0. The molecule has 1 amide bonds. The van der Waals surface area contributed by atoms with Crippen LogP contribution in [0.15, 0.2) is 48.8 Å². The number of nitrogens with zero attached hydrogens (tertiary/aromatic N) is 2. The Morgan fingerprint density at radius 2 is 1.92 bits per heavy atom. The highest BCUT2D eigenvalue weighted by Gasteiger charge is 2.41. The summed E-state index contributed by atoms with van der Waals surface area (Å²) in [6.45, 7) is 3.65. The fraction of sp³-hybridized carbons (Fsp3) is 0.368. The highest BCUT2D eigenvalue weighted by atomic mass is 16.5. The van der Waals surface area contributed by atoms with E-state index in [1.165, 1.54) is 5.56 Å². The Hall–Kier alpha value is -2.40. The number of pyridine rings is 1. The van der Waals surface area contributed by atoms with E-state index in [1.807, 2.05) is 36.1 Å². The van der Waals surface area contributed by atoms with E-state index < -0.39 is 5.60 Å². The van der Waals surface area contributed by atoms with E-state index in [0.29, 0.717) is 25.3 Å². The predicted molar refractivity (Wildman–Crippen MR) is 91.2 cm³/mol. The van der Waals surface area contributed by atoms with Gasteiger partial charge in [0, 0.05) is 31.6 Å². The van der Waals surface area contributed by atoms with Crippen LogP contribution in [-0.2, 0) is 4.74 Å². The summed E-state index contributed by atoms with van der Waals surface area (Å²) in [4.78, 5) is 18.3. The van der Waals surface area contributed by atoms with Crippen molar-refractivity contribution in [2.45, 2.75) is 18.9 Å². The summed E-state index contributed by atoms with van der Waals surface area (Å²) < 4.78 is 11.6. The van der Waals surface area contributed by atoms with Gasteiger partial charge in [0.25, 0.3) is 5.91 Å². The number of carbonyl (C=O) groups is 1. The minimum atomic E-state index is -0.465. The molecule has 0 bridgehead atoms. The van der Waals surface area contributed by atoms with E-state index in [9.17, 15) is 4.79 Å². The van der Waals surface area contributed by atoms with Crippen LogP contribution in [0.4, 0.5) is 0 Å². The number of hydrogen-bond donors (Lipinski definition) is 0. The number of carbonyl (C=O) groups excluding carboxylic acids is 1. The zero-order valence-electron chi connectivity index (χ0n) is 14.1. The van der Waals surface area contributed by atoms with Gasteiger partial charge in [-0.3, -0.25) is 9.78 Å². The van der Waals surface area contributed by atoms with Crippen LogP contribution in [0.5, 0.6) is 5.75 Å². The van der Waals surface area contributed by atoms with Gasteiger partial charge in [0.15, 0.2) is 0 Å². The molecule has 1 fully saturated rings. The molecule has 0 unspecified atom stereocenters. The van der Waals surface area contributed by atoms with Crippen molar-refractivity contribution < 1.29 is 14.3 Å². The Balaban J connectivity index is 1.64. The van der Waals surface area contributed by atoms with E-state index >= 15 is 0 Å². The second-order valence-electron chi connectivity index (χ2n) is 6.20. The number of hydrogen-bond acceptors (Lipinski definition) is 4. The van der Waals surface area contributed by atoms with Crippen LogP contribution in [-0.4, -0.2) is 48.2 Å². The topological polar surface area (TPSA) is 51.7 Å². The highest BCUT2D eigenvalue weighted by Crippen LogP contribution is 2.27. The second-order valence-corrected chi connectivity index (χ2v) is 6.20. The average Bonchev–Trinajstić information content (AvgIpc) is 3.06. The molecule has 1 aliphatic heterocycles. The summed E-state index contributed by atoms with van der Waals surface area (Å²) in [7, 11) is 1.68. The van der Waals surface area contributed by atoms with Gasteiger partial charge < -0.3 is 14.4 Å². The summed E-state index contributed by atoms with van der Waals surface area (Å²) in [6, 6.07) is 11.4. The number of likely N-dealkylation sites (tertiary alicyclic amines) is 1. The number of benzene rings is 1. The molecule has 0 spiro atoms. The lowest BCUT2D eigenvalue weighted by Crippen LogP contribution is -2.42. The molecule has 3 rings (SSSR count). The molecule has 2 aromatic rings. The number of aryl methyl sites for hydroxylation is 1. The zero-order chi connectivity index (χ0) is 17.0. The fourth-order valence-corrected chi connectivity index (χ4v) is 2.89. The van der Waals surface area contributed by atoms with Crippen LogP contribution >= 0.6 is 0 Å². The molecule has 126 valence electrons. The van der Waals surface area contributed by atoms with Gasteiger partial charge in [-0.25, -0.2) is 0 Å². The van der Waals surface area contributed by atoms with Crippen molar-refractivity contribution in [3.8, 4) is 5.75 Å². The second kappa shape index (κ2) is 7.01. The molecule has 1 aromatic carbocycles. The molecule has 1 aliphatic rings. The molecule has 0 aliphatic carbocycles. The van der Waals surface area contributed by atoms with Crippen LogP contribution in [0.3, 0.4) is 0 Å². The van der Waals surface area contributed by atoms with Crippen LogP contribution in [0, 0.1) is 6.92 Å². The van der Waals surface area contributed by atoms with Gasteiger partial charge in [0.2, 0.25) is 0 Å². The monoisotopic (exact) mass is 326 g/mol. The number of ether oxygens (including phenoxy) is 2. The van der Waals surface area contributed by atoms with Gasteiger partial charge >= 0.3 is 0 Å². The van der Waals surface area contributed by atoms with Crippen molar-refractivity contribution >= 4 is 5.91 Å². The summed E-state index contributed by atoms with van der Waals surface area (Å²) in [5.74, 6) is 0.822. The smallest absolute Gasteiger partial charge is 0.254 e. The first-order chi connectivity index (χ1) is 11.6. The van der Waals surface area contributed by atoms with Gasteiger partial charge in [-0.05, 0) is 37.6 Å². The lowest BCUT2D eigenvalue weighted by Gasteiger charge is -2.28. The van der Waals surface area contributed by atoms with Crippen molar-refractivity contribution in [1.29, 1.82) is 0 Å². The summed E-state index contributed by atoms with van der Waals surface area (Å²) in [6.07, 6.45) is 4.02. The van der Waals surface area contributed by atoms with Crippen LogP contribution in [0.25, 0.3) is 0 Å². The van der Waals surface area contributed by atoms with Crippen LogP contribution in [0.2, 0.25) is 0 Å². The average molecular weight is 326 g/mol. The van der Waals surface area contributed by atoms with Crippen LogP contribution < -0.4 is 4.74 Å². The minimum absolute atomic E-state index is 0.00617. The number of aromatic nitrogens is 1. The Labute approximate surface area is 142 Å². The van der Waals surface area contributed by atoms with Gasteiger partial charge in [-0.2, -0.15) is 0 Å². The highest BCUT2D eigenvalue weighted by molar-refractivity contribution is 5.94. The first-order valence-electron chi connectivity index (χ1n) is 8.06.